The Morgan fingerprint density at radius 2 is 2.06 bits per heavy atom. The molecule has 2 aromatic rings. The highest BCUT2D eigenvalue weighted by Crippen LogP contribution is 2.21. The van der Waals surface area contributed by atoms with Crippen LogP contribution in [-0.2, 0) is 0 Å². The summed E-state index contributed by atoms with van der Waals surface area (Å²) in [5.74, 6) is -1.34. The molecular formula is C12H8BrNO4. The summed E-state index contributed by atoms with van der Waals surface area (Å²) in [7, 11) is 0. The van der Waals surface area contributed by atoms with Crippen LogP contribution in [0.15, 0.2) is 45.5 Å². The zero-order valence-electron chi connectivity index (χ0n) is 9.01. The average Bonchev–Trinajstić information content (AvgIpc) is 2.85. The summed E-state index contributed by atoms with van der Waals surface area (Å²) in [5.41, 5.74) is 0.462. The lowest BCUT2D eigenvalue weighted by Gasteiger charge is -2.05. The van der Waals surface area contributed by atoms with E-state index >= 15 is 0 Å². The molecule has 0 aliphatic rings. The Kier molecular flexibility index (Phi) is 3.47. The molecule has 0 unspecified atom stereocenters. The van der Waals surface area contributed by atoms with Gasteiger partial charge in [0.15, 0.2) is 5.76 Å². The first kappa shape index (κ1) is 12.4. The summed E-state index contributed by atoms with van der Waals surface area (Å²) in [6, 6.07) is 7.64. The Morgan fingerprint density at radius 1 is 1.28 bits per heavy atom. The van der Waals surface area contributed by atoms with Gasteiger partial charge in [0.25, 0.3) is 5.91 Å². The molecule has 6 heteroatoms. The van der Waals surface area contributed by atoms with Crippen LogP contribution in [0.4, 0.5) is 5.69 Å². The number of halogens is 1. The van der Waals surface area contributed by atoms with Crippen molar-refractivity contribution in [3.8, 4) is 0 Å². The van der Waals surface area contributed by atoms with Crippen molar-refractivity contribution >= 4 is 33.5 Å². The molecular weight excluding hydrogens is 302 g/mol. The Hall–Kier alpha value is -2.08. The Balaban J connectivity index is 2.22. The fraction of sp³-hybridized carbons (Fsp3) is 0. The van der Waals surface area contributed by atoms with Crippen molar-refractivity contribution in [2.45, 2.75) is 0 Å². The van der Waals surface area contributed by atoms with Gasteiger partial charge in [-0.05, 0) is 46.3 Å². The number of carbonyl (C=O) groups is 2. The van der Waals surface area contributed by atoms with Crippen molar-refractivity contribution in [1.82, 2.24) is 0 Å². The maximum absolute atomic E-state index is 11.7. The number of carbonyl (C=O) groups excluding carboxylic acids is 1. The Morgan fingerprint density at radius 3 is 2.67 bits per heavy atom. The number of hydrogen-bond donors (Lipinski definition) is 2. The number of anilines is 1. The predicted octanol–water partition coefficient (Wildman–Crippen LogP) is 2.99. The predicted molar refractivity (Wildman–Crippen MR) is 67.8 cm³/mol. The van der Waals surface area contributed by atoms with Gasteiger partial charge in [0.2, 0.25) is 0 Å². The second kappa shape index (κ2) is 5.05. The molecule has 2 N–H and O–H groups in total. The van der Waals surface area contributed by atoms with Gasteiger partial charge < -0.3 is 14.8 Å². The van der Waals surface area contributed by atoms with E-state index in [1.54, 1.807) is 18.2 Å². The largest absolute Gasteiger partial charge is 0.478 e. The molecule has 0 aliphatic carbocycles. The lowest BCUT2D eigenvalue weighted by Crippen LogP contribution is -2.11. The number of carboxylic acids is 1. The zero-order chi connectivity index (χ0) is 13.1. The minimum atomic E-state index is -1.07. The zero-order valence-corrected chi connectivity index (χ0v) is 10.6. The van der Waals surface area contributed by atoms with Gasteiger partial charge in [-0.15, -0.1) is 0 Å². The summed E-state index contributed by atoms with van der Waals surface area (Å²) in [4.78, 5) is 22.6. The van der Waals surface area contributed by atoms with Crippen LogP contribution in [0, 0.1) is 0 Å². The van der Waals surface area contributed by atoms with Crippen LogP contribution in [0.2, 0.25) is 0 Å². The molecule has 1 aromatic carbocycles. The highest BCUT2D eigenvalue weighted by atomic mass is 79.9. The molecule has 0 saturated carbocycles. The van der Waals surface area contributed by atoms with Gasteiger partial charge in [0.1, 0.15) is 0 Å². The van der Waals surface area contributed by atoms with Crippen molar-refractivity contribution in [3.05, 3.63) is 52.4 Å². The van der Waals surface area contributed by atoms with Gasteiger partial charge in [-0.1, -0.05) is 0 Å². The van der Waals surface area contributed by atoms with E-state index in [9.17, 15) is 9.59 Å². The third-order valence-electron chi connectivity index (χ3n) is 2.20. The van der Waals surface area contributed by atoms with Crippen LogP contribution in [0.3, 0.4) is 0 Å². The van der Waals surface area contributed by atoms with Crippen molar-refractivity contribution < 1.29 is 19.1 Å². The third-order valence-corrected chi connectivity index (χ3v) is 2.89. The van der Waals surface area contributed by atoms with E-state index in [1.165, 1.54) is 18.4 Å². The lowest BCUT2D eigenvalue weighted by molar-refractivity contribution is 0.0695. The fourth-order valence-electron chi connectivity index (χ4n) is 1.37. The molecule has 1 amide bonds. The van der Waals surface area contributed by atoms with E-state index in [4.69, 9.17) is 9.52 Å². The molecule has 0 fully saturated rings. The summed E-state index contributed by atoms with van der Waals surface area (Å²) >= 11 is 3.12. The van der Waals surface area contributed by atoms with Crippen molar-refractivity contribution in [1.29, 1.82) is 0 Å². The van der Waals surface area contributed by atoms with E-state index in [1.807, 2.05) is 0 Å². The third kappa shape index (κ3) is 2.60. The molecule has 0 radical (unpaired) electrons. The van der Waals surface area contributed by atoms with E-state index in [2.05, 4.69) is 21.2 Å². The molecule has 0 saturated heterocycles. The van der Waals surface area contributed by atoms with E-state index in [0.717, 1.165) is 0 Å². The SMILES string of the molecule is O=C(Nc1ccc(Br)c(C(=O)O)c1)c1ccco1. The van der Waals surface area contributed by atoms with Crippen molar-refractivity contribution in [3.63, 3.8) is 0 Å². The van der Waals surface area contributed by atoms with Crippen LogP contribution >= 0.6 is 15.9 Å². The van der Waals surface area contributed by atoms with Gasteiger partial charge in [0.05, 0.1) is 11.8 Å². The number of hydrogen-bond acceptors (Lipinski definition) is 3. The Labute approximate surface area is 111 Å². The molecule has 2 rings (SSSR count). The number of furan rings is 1. The maximum atomic E-state index is 11.7. The van der Waals surface area contributed by atoms with Gasteiger partial charge in [-0.2, -0.15) is 0 Å². The van der Waals surface area contributed by atoms with Gasteiger partial charge in [0, 0.05) is 10.2 Å². The van der Waals surface area contributed by atoms with Crippen LogP contribution in [-0.4, -0.2) is 17.0 Å². The lowest BCUT2D eigenvalue weighted by atomic mass is 10.2. The number of benzene rings is 1. The van der Waals surface area contributed by atoms with E-state index in [0.29, 0.717) is 10.2 Å². The molecule has 0 spiro atoms. The van der Waals surface area contributed by atoms with Crippen LogP contribution in [0.5, 0.6) is 0 Å². The minimum absolute atomic E-state index is 0.0762. The summed E-state index contributed by atoms with van der Waals surface area (Å²) in [5, 5.41) is 11.5. The number of amides is 1. The standard InChI is InChI=1S/C12H8BrNO4/c13-9-4-3-7(6-8(9)12(16)17)14-11(15)10-2-1-5-18-10/h1-6H,(H,14,15)(H,16,17). The van der Waals surface area contributed by atoms with Crippen molar-refractivity contribution in [2.24, 2.45) is 0 Å². The highest BCUT2D eigenvalue weighted by molar-refractivity contribution is 9.10. The molecule has 92 valence electrons. The average molecular weight is 310 g/mol. The first-order valence-electron chi connectivity index (χ1n) is 4.95. The van der Waals surface area contributed by atoms with E-state index in [-0.39, 0.29) is 11.3 Å². The van der Waals surface area contributed by atoms with Crippen LogP contribution < -0.4 is 5.32 Å². The molecule has 1 heterocycles. The fourth-order valence-corrected chi connectivity index (χ4v) is 1.78. The summed E-state index contributed by atoms with van der Waals surface area (Å²) in [6.45, 7) is 0. The summed E-state index contributed by atoms with van der Waals surface area (Å²) in [6.07, 6.45) is 1.39. The van der Waals surface area contributed by atoms with Gasteiger partial charge in [-0.3, -0.25) is 4.79 Å². The Bertz CT molecular complexity index is 592. The quantitative estimate of drug-likeness (QED) is 0.913. The van der Waals surface area contributed by atoms with Crippen molar-refractivity contribution in [2.75, 3.05) is 5.32 Å². The van der Waals surface area contributed by atoms with Crippen LogP contribution in [0.25, 0.3) is 0 Å². The minimum Gasteiger partial charge on any atom is -0.478 e. The maximum Gasteiger partial charge on any atom is 0.336 e. The molecule has 18 heavy (non-hydrogen) atoms. The number of carboxylic acid groups (broad SMARTS) is 1. The summed E-state index contributed by atoms with van der Waals surface area (Å²) < 4.78 is 5.38. The number of nitrogens with one attached hydrogen (secondary N) is 1. The monoisotopic (exact) mass is 309 g/mol. The molecule has 0 bridgehead atoms. The van der Waals surface area contributed by atoms with Crippen LogP contribution in [0.1, 0.15) is 20.9 Å². The van der Waals surface area contributed by atoms with Gasteiger partial charge in [-0.25, -0.2) is 4.79 Å². The molecule has 5 nitrogen and oxygen atoms in total. The van der Waals surface area contributed by atoms with E-state index < -0.39 is 11.9 Å². The second-order valence-electron chi connectivity index (χ2n) is 3.43. The number of aromatic carboxylic acids is 1. The number of rotatable bonds is 3. The first-order chi connectivity index (χ1) is 8.58. The molecule has 0 atom stereocenters. The molecule has 0 aliphatic heterocycles. The first-order valence-corrected chi connectivity index (χ1v) is 5.75. The topological polar surface area (TPSA) is 79.5 Å². The van der Waals surface area contributed by atoms with Gasteiger partial charge >= 0.3 is 5.97 Å². The molecule has 1 aromatic heterocycles. The highest BCUT2D eigenvalue weighted by Gasteiger charge is 2.12. The normalized spacial score (nSPS) is 10.1. The smallest absolute Gasteiger partial charge is 0.336 e. The second-order valence-corrected chi connectivity index (χ2v) is 4.29.